The monoisotopic (exact) mass is 403 g/mol. The molecule has 4 N–H and O–H groups in total. The number of para-hydroxylation sites is 1. The van der Waals surface area contributed by atoms with Crippen LogP contribution in [0, 0.1) is 0 Å². The molecule has 7 nitrogen and oxygen atoms in total. The van der Waals surface area contributed by atoms with Crippen LogP contribution in [-0.4, -0.2) is 48.9 Å². The standard InChI is InChI=1S/C22H34N4O3/c1-5-26(15-20(28)25-22(2,3)4)14-19(27)24-18-13-9-8-12-17(18)21(29)23-16-10-6-7-11-16/h8-9,12-13,16H,5-7,10-11,14-15H2,1-4H3,(H,23,29)(H,24,27)(H,25,28)/p+1. The maximum Gasteiger partial charge on any atom is 0.279 e. The first-order valence-corrected chi connectivity index (χ1v) is 10.5. The van der Waals surface area contributed by atoms with Gasteiger partial charge in [0, 0.05) is 11.6 Å². The van der Waals surface area contributed by atoms with Gasteiger partial charge in [-0.15, -0.1) is 0 Å². The zero-order valence-electron chi connectivity index (χ0n) is 18.1. The van der Waals surface area contributed by atoms with Crippen LogP contribution in [0.4, 0.5) is 5.69 Å². The zero-order valence-corrected chi connectivity index (χ0v) is 18.1. The van der Waals surface area contributed by atoms with Crippen molar-refractivity contribution in [3.05, 3.63) is 29.8 Å². The van der Waals surface area contributed by atoms with Crippen molar-refractivity contribution in [2.75, 3.05) is 25.0 Å². The van der Waals surface area contributed by atoms with Gasteiger partial charge in [0.2, 0.25) is 0 Å². The van der Waals surface area contributed by atoms with Crippen molar-refractivity contribution < 1.29 is 19.3 Å². The van der Waals surface area contributed by atoms with Gasteiger partial charge in [-0.25, -0.2) is 0 Å². The lowest BCUT2D eigenvalue weighted by Gasteiger charge is -2.23. The van der Waals surface area contributed by atoms with E-state index in [-0.39, 0.29) is 42.4 Å². The fraction of sp³-hybridized carbons (Fsp3) is 0.591. The summed E-state index contributed by atoms with van der Waals surface area (Å²) in [6, 6.07) is 7.26. The molecule has 0 aliphatic heterocycles. The molecule has 0 heterocycles. The zero-order chi connectivity index (χ0) is 21.4. The number of carbonyl (C=O) groups excluding carboxylic acids is 3. The number of benzene rings is 1. The number of quaternary nitrogens is 1. The highest BCUT2D eigenvalue weighted by Crippen LogP contribution is 2.20. The highest BCUT2D eigenvalue weighted by atomic mass is 16.2. The molecular formula is C22H35N4O3+. The largest absolute Gasteiger partial charge is 0.349 e. The summed E-state index contributed by atoms with van der Waals surface area (Å²) in [6.45, 7) is 8.76. The Labute approximate surface area is 173 Å². The van der Waals surface area contributed by atoms with Crippen molar-refractivity contribution in [1.82, 2.24) is 10.6 Å². The van der Waals surface area contributed by atoms with Crippen LogP contribution in [0.2, 0.25) is 0 Å². The van der Waals surface area contributed by atoms with Crippen molar-refractivity contribution >= 4 is 23.4 Å². The minimum absolute atomic E-state index is 0.0847. The maximum atomic E-state index is 12.6. The van der Waals surface area contributed by atoms with E-state index in [9.17, 15) is 14.4 Å². The molecular weight excluding hydrogens is 368 g/mol. The van der Waals surface area contributed by atoms with Crippen LogP contribution in [0.1, 0.15) is 63.7 Å². The van der Waals surface area contributed by atoms with E-state index >= 15 is 0 Å². The lowest BCUT2D eigenvalue weighted by molar-refractivity contribution is -0.881. The Bertz CT molecular complexity index is 721. The van der Waals surface area contributed by atoms with Crippen LogP contribution in [0.3, 0.4) is 0 Å². The third kappa shape index (κ3) is 7.85. The topological polar surface area (TPSA) is 91.7 Å². The first kappa shape index (κ1) is 22.9. The average Bonchev–Trinajstić information content (AvgIpc) is 3.12. The number of hydrogen-bond donors (Lipinski definition) is 4. The van der Waals surface area contributed by atoms with Crippen LogP contribution in [0.25, 0.3) is 0 Å². The van der Waals surface area contributed by atoms with Crippen molar-refractivity contribution in [3.63, 3.8) is 0 Å². The summed E-state index contributed by atoms with van der Waals surface area (Å²) in [6.07, 6.45) is 4.29. The minimum atomic E-state index is -0.302. The van der Waals surface area contributed by atoms with Crippen LogP contribution < -0.4 is 20.9 Å². The van der Waals surface area contributed by atoms with Gasteiger partial charge in [-0.3, -0.25) is 14.4 Å². The van der Waals surface area contributed by atoms with Crippen LogP contribution >= 0.6 is 0 Å². The lowest BCUT2D eigenvalue weighted by atomic mass is 10.1. The molecule has 1 saturated carbocycles. The van der Waals surface area contributed by atoms with Crippen LogP contribution in [-0.2, 0) is 9.59 Å². The van der Waals surface area contributed by atoms with Gasteiger partial charge in [-0.1, -0.05) is 25.0 Å². The molecule has 0 saturated heterocycles. The average molecular weight is 404 g/mol. The molecule has 0 spiro atoms. The van der Waals surface area contributed by atoms with E-state index in [0.29, 0.717) is 17.8 Å². The second-order valence-electron chi connectivity index (χ2n) is 8.80. The summed E-state index contributed by atoms with van der Waals surface area (Å²) in [4.78, 5) is 38.2. The van der Waals surface area contributed by atoms with E-state index in [1.54, 1.807) is 24.3 Å². The van der Waals surface area contributed by atoms with Crippen molar-refractivity contribution in [3.8, 4) is 0 Å². The Morgan fingerprint density at radius 1 is 1.03 bits per heavy atom. The SMILES string of the molecule is CC[NH+](CC(=O)Nc1ccccc1C(=O)NC1CCCC1)CC(=O)NC(C)(C)C. The van der Waals surface area contributed by atoms with Crippen molar-refractivity contribution in [1.29, 1.82) is 0 Å². The van der Waals surface area contributed by atoms with Gasteiger partial charge in [0.15, 0.2) is 13.1 Å². The molecule has 1 aliphatic carbocycles. The molecule has 2 rings (SSSR count). The predicted molar refractivity (Wildman–Crippen MR) is 114 cm³/mol. The quantitative estimate of drug-likeness (QED) is 0.524. The molecule has 0 bridgehead atoms. The van der Waals surface area contributed by atoms with E-state index in [2.05, 4.69) is 16.0 Å². The van der Waals surface area contributed by atoms with E-state index < -0.39 is 0 Å². The smallest absolute Gasteiger partial charge is 0.279 e. The maximum absolute atomic E-state index is 12.6. The Balaban J connectivity index is 1.95. The molecule has 1 aromatic rings. The minimum Gasteiger partial charge on any atom is -0.349 e. The summed E-state index contributed by atoms with van der Waals surface area (Å²) >= 11 is 0. The fourth-order valence-electron chi connectivity index (χ4n) is 3.55. The van der Waals surface area contributed by atoms with Gasteiger partial charge in [-0.2, -0.15) is 0 Å². The van der Waals surface area contributed by atoms with Gasteiger partial charge in [0.25, 0.3) is 17.7 Å². The first-order chi connectivity index (χ1) is 13.7. The molecule has 160 valence electrons. The fourth-order valence-corrected chi connectivity index (χ4v) is 3.55. The van der Waals surface area contributed by atoms with Gasteiger partial charge < -0.3 is 20.9 Å². The molecule has 1 atom stereocenters. The summed E-state index contributed by atoms with van der Waals surface area (Å²) < 4.78 is 0. The Morgan fingerprint density at radius 2 is 1.66 bits per heavy atom. The number of nitrogens with one attached hydrogen (secondary N) is 4. The Kier molecular flexibility index (Phi) is 8.20. The van der Waals surface area contributed by atoms with E-state index in [1.807, 2.05) is 27.7 Å². The van der Waals surface area contributed by atoms with E-state index in [4.69, 9.17) is 0 Å². The van der Waals surface area contributed by atoms with E-state index in [1.165, 1.54) is 0 Å². The summed E-state index contributed by atoms with van der Waals surface area (Å²) in [7, 11) is 0. The summed E-state index contributed by atoms with van der Waals surface area (Å²) in [5.41, 5.74) is 0.669. The van der Waals surface area contributed by atoms with Gasteiger partial charge in [0.1, 0.15) is 0 Å². The van der Waals surface area contributed by atoms with Gasteiger partial charge >= 0.3 is 0 Å². The second kappa shape index (κ2) is 10.4. The molecule has 7 heteroatoms. The Hall–Kier alpha value is -2.41. The van der Waals surface area contributed by atoms with Gasteiger partial charge in [0.05, 0.1) is 17.8 Å². The highest BCUT2D eigenvalue weighted by molar-refractivity contribution is 6.04. The van der Waals surface area contributed by atoms with E-state index in [0.717, 1.165) is 30.6 Å². The predicted octanol–water partition coefficient (Wildman–Crippen LogP) is 1.12. The number of amides is 3. The number of likely N-dealkylation sites (N-methyl/N-ethyl adjacent to an activating group) is 1. The first-order valence-electron chi connectivity index (χ1n) is 10.5. The third-order valence-electron chi connectivity index (χ3n) is 4.97. The summed E-state index contributed by atoms with van der Waals surface area (Å²) in [5.74, 6) is -0.456. The Morgan fingerprint density at radius 3 is 2.28 bits per heavy atom. The lowest BCUT2D eigenvalue weighted by Crippen LogP contribution is -3.14. The molecule has 1 aliphatic rings. The molecule has 29 heavy (non-hydrogen) atoms. The number of anilines is 1. The summed E-state index contributed by atoms with van der Waals surface area (Å²) in [5, 5.41) is 8.83. The molecule has 3 amide bonds. The molecule has 0 aromatic heterocycles. The number of carbonyl (C=O) groups is 3. The molecule has 1 fully saturated rings. The molecule has 1 unspecified atom stereocenters. The van der Waals surface area contributed by atoms with Crippen LogP contribution in [0.5, 0.6) is 0 Å². The number of hydrogen-bond acceptors (Lipinski definition) is 3. The normalized spacial score (nSPS) is 15.6. The second-order valence-corrected chi connectivity index (χ2v) is 8.80. The number of rotatable bonds is 8. The molecule has 1 aromatic carbocycles. The highest BCUT2D eigenvalue weighted by Gasteiger charge is 2.22. The van der Waals surface area contributed by atoms with Gasteiger partial charge in [-0.05, 0) is 52.7 Å². The molecule has 0 radical (unpaired) electrons. The van der Waals surface area contributed by atoms with Crippen molar-refractivity contribution in [2.45, 2.75) is 65.0 Å². The van der Waals surface area contributed by atoms with Crippen LogP contribution in [0.15, 0.2) is 24.3 Å². The van der Waals surface area contributed by atoms with Crippen molar-refractivity contribution in [2.24, 2.45) is 0 Å². The third-order valence-corrected chi connectivity index (χ3v) is 4.97.